The number of hydrogen-bond acceptors (Lipinski definition) is 1. The van der Waals surface area contributed by atoms with Crippen molar-refractivity contribution in [2.45, 2.75) is 33.3 Å². The zero-order valence-corrected chi connectivity index (χ0v) is 9.99. The molecule has 0 aliphatic heterocycles. The SMILES string of the molecule is CC(C)(C)[C@](C)(O)C=Cc1ccccc1. The van der Waals surface area contributed by atoms with E-state index in [0.717, 1.165) is 5.56 Å². The van der Waals surface area contributed by atoms with E-state index in [1.807, 2.05) is 70.2 Å². The Labute approximate surface area is 92.5 Å². The normalized spacial score (nSPS) is 16.6. The van der Waals surface area contributed by atoms with Gasteiger partial charge >= 0.3 is 0 Å². The van der Waals surface area contributed by atoms with Gasteiger partial charge in [-0.3, -0.25) is 0 Å². The summed E-state index contributed by atoms with van der Waals surface area (Å²) in [6.45, 7) is 7.93. The van der Waals surface area contributed by atoms with Crippen LogP contribution in [0.3, 0.4) is 0 Å². The first kappa shape index (κ1) is 12.0. The summed E-state index contributed by atoms with van der Waals surface area (Å²) in [6, 6.07) is 10.0. The third-order valence-electron chi connectivity index (χ3n) is 2.92. The van der Waals surface area contributed by atoms with Crippen LogP contribution in [0.2, 0.25) is 0 Å². The second kappa shape index (κ2) is 4.19. The van der Waals surface area contributed by atoms with Crippen molar-refractivity contribution < 1.29 is 5.11 Å². The number of hydrogen-bond donors (Lipinski definition) is 1. The maximum atomic E-state index is 10.2. The lowest BCUT2D eigenvalue weighted by molar-refractivity contribution is 0.00436. The molecule has 0 saturated carbocycles. The lowest BCUT2D eigenvalue weighted by Crippen LogP contribution is -2.37. The van der Waals surface area contributed by atoms with Crippen LogP contribution in [0.25, 0.3) is 6.08 Å². The van der Waals surface area contributed by atoms with Crippen molar-refractivity contribution >= 4 is 6.08 Å². The van der Waals surface area contributed by atoms with Gasteiger partial charge in [0.25, 0.3) is 0 Å². The molecule has 1 heteroatoms. The van der Waals surface area contributed by atoms with Gasteiger partial charge in [-0.15, -0.1) is 0 Å². The molecule has 0 aromatic heterocycles. The lowest BCUT2D eigenvalue weighted by Gasteiger charge is -2.34. The largest absolute Gasteiger partial charge is 0.386 e. The van der Waals surface area contributed by atoms with Gasteiger partial charge in [0.2, 0.25) is 0 Å². The van der Waals surface area contributed by atoms with Gasteiger partial charge in [0, 0.05) is 0 Å². The summed E-state index contributed by atoms with van der Waals surface area (Å²) >= 11 is 0. The highest BCUT2D eigenvalue weighted by molar-refractivity contribution is 5.50. The highest BCUT2D eigenvalue weighted by Gasteiger charge is 2.32. The molecular formula is C14H20O. The molecule has 1 atom stereocenters. The van der Waals surface area contributed by atoms with Crippen molar-refractivity contribution in [3.8, 4) is 0 Å². The Kier molecular flexibility index (Phi) is 3.35. The fourth-order valence-electron chi connectivity index (χ4n) is 1.07. The molecule has 0 radical (unpaired) electrons. The van der Waals surface area contributed by atoms with Crippen LogP contribution in [0.1, 0.15) is 33.3 Å². The van der Waals surface area contributed by atoms with Gasteiger partial charge in [0.15, 0.2) is 0 Å². The zero-order valence-electron chi connectivity index (χ0n) is 9.99. The van der Waals surface area contributed by atoms with Crippen molar-refractivity contribution in [3.63, 3.8) is 0 Å². The van der Waals surface area contributed by atoms with E-state index in [2.05, 4.69) is 0 Å². The number of benzene rings is 1. The monoisotopic (exact) mass is 204 g/mol. The first-order chi connectivity index (χ1) is 6.83. The van der Waals surface area contributed by atoms with Gasteiger partial charge in [0.1, 0.15) is 0 Å². The van der Waals surface area contributed by atoms with Crippen LogP contribution in [0.5, 0.6) is 0 Å². The maximum absolute atomic E-state index is 10.2. The number of rotatable bonds is 2. The van der Waals surface area contributed by atoms with Gasteiger partial charge in [-0.05, 0) is 17.9 Å². The average molecular weight is 204 g/mol. The quantitative estimate of drug-likeness (QED) is 0.781. The molecule has 1 aromatic rings. The molecule has 15 heavy (non-hydrogen) atoms. The summed E-state index contributed by atoms with van der Waals surface area (Å²) in [5.41, 5.74) is 0.170. The topological polar surface area (TPSA) is 20.2 Å². The molecule has 1 nitrogen and oxygen atoms in total. The third-order valence-corrected chi connectivity index (χ3v) is 2.92. The van der Waals surface area contributed by atoms with Crippen LogP contribution in [-0.2, 0) is 0 Å². The van der Waals surface area contributed by atoms with Gasteiger partial charge in [-0.1, -0.05) is 63.3 Å². The van der Waals surface area contributed by atoms with Crippen molar-refractivity contribution in [1.29, 1.82) is 0 Å². The van der Waals surface area contributed by atoms with E-state index in [1.54, 1.807) is 0 Å². The predicted molar refractivity (Wildman–Crippen MR) is 65.6 cm³/mol. The van der Waals surface area contributed by atoms with Gasteiger partial charge in [0.05, 0.1) is 5.60 Å². The average Bonchev–Trinajstić information content (AvgIpc) is 2.15. The third kappa shape index (κ3) is 3.21. The predicted octanol–water partition coefficient (Wildman–Crippen LogP) is 3.50. The van der Waals surface area contributed by atoms with E-state index in [1.165, 1.54) is 0 Å². The van der Waals surface area contributed by atoms with Gasteiger partial charge < -0.3 is 5.11 Å². The van der Waals surface area contributed by atoms with Crippen LogP contribution in [-0.4, -0.2) is 10.7 Å². The Morgan fingerprint density at radius 3 is 2.00 bits per heavy atom. The molecule has 1 N–H and O–H groups in total. The van der Waals surface area contributed by atoms with E-state index in [0.29, 0.717) is 0 Å². The second-order valence-corrected chi connectivity index (χ2v) is 5.14. The van der Waals surface area contributed by atoms with E-state index >= 15 is 0 Å². The van der Waals surface area contributed by atoms with E-state index in [4.69, 9.17) is 0 Å². The Hall–Kier alpha value is -1.08. The highest BCUT2D eigenvalue weighted by atomic mass is 16.3. The van der Waals surface area contributed by atoms with Crippen molar-refractivity contribution in [2.75, 3.05) is 0 Å². The molecule has 0 aliphatic carbocycles. The molecule has 0 heterocycles. The minimum atomic E-state index is -0.789. The molecule has 0 bridgehead atoms. The molecule has 1 aromatic carbocycles. The summed E-state index contributed by atoms with van der Waals surface area (Å²) in [4.78, 5) is 0. The Bertz CT molecular complexity index is 328. The van der Waals surface area contributed by atoms with Crippen LogP contribution in [0.15, 0.2) is 36.4 Å². The van der Waals surface area contributed by atoms with Crippen LogP contribution in [0.4, 0.5) is 0 Å². The van der Waals surface area contributed by atoms with E-state index in [9.17, 15) is 5.11 Å². The summed E-state index contributed by atoms with van der Waals surface area (Å²) in [5, 5.41) is 10.2. The Morgan fingerprint density at radius 2 is 1.53 bits per heavy atom. The molecule has 0 saturated heterocycles. The summed E-state index contributed by atoms with van der Waals surface area (Å²) < 4.78 is 0. The van der Waals surface area contributed by atoms with Crippen LogP contribution < -0.4 is 0 Å². The van der Waals surface area contributed by atoms with Crippen molar-refractivity contribution in [2.24, 2.45) is 5.41 Å². The zero-order chi connectivity index (χ0) is 11.5. The van der Waals surface area contributed by atoms with Crippen molar-refractivity contribution in [1.82, 2.24) is 0 Å². The van der Waals surface area contributed by atoms with E-state index in [-0.39, 0.29) is 5.41 Å². The van der Waals surface area contributed by atoms with Crippen molar-refractivity contribution in [3.05, 3.63) is 42.0 Å². The fourth-order valence-corrected chi connectivity index (χ4v) is 1.07. The summed E-state index contributed by atoms with van der Waals surface area (Å²) in [7, 11) is 0. The molecular weight excluding hydrogens is 184 g/mol. The minimum absolute atomic E-state index is 0.154. The first-order valence-electron chi connectivity index (χ1n) is 5.29. The van der Waals surface area contributed by atoms with E-state index < -0.39 is 5.60 Å². The summed E-state index contributed by atoms with van der Waals surface area (Å²) in [5.74, 6) is 0. The van der Waals surface area contributed by atoms with Crippen LogP contribution >= 0.6 is 0 Å². The first-order valence-corrected chi connectivity index (χ1v) is 5.29. The van der Waals surface area contributed by atoms with Crippen LogP contribution in [0, 0.1) is 5.41 Å². The molecule has 0 aliphatic rings. The second-order valence-electron chi connectivity index (χ2n) is 5.14. The molecule has 82 valence electrons. The number of aliphatic hydroxyl groups is 1. The highest BCUT2D eigenvalue weighted by Crippen LogP contribution is 2.31. The summed E-state index contributed by atoms with van der Waals surface area (Å²) in [6.07, 6.45) is 3.83. The molecule has 1 rings (SSSR count). The molecule has 0 unspecified atom stereocenters. The Balaban J connectivity index is 2.83. The standard InChI is InChI=1S/C14H20O/c1-13(2,3)14(4,15)11-10-12-8-6-5-7-9-12/h5-11,15H,1-4H3/t14-/m1/s1. The Morgan fingerprint density at radius 1 is 1.00 bits per heavy atom. The fraction of sp³-hybridized carbons (Fsp3) is 0.429. The van der Waals surface area contributed by atoms with Gasteiger partial charge in [-0.2, -0.15) is 0 Å². The maximum Gasteiger partial charge on any atom is 0.0850 e. The smallest absolute Gasteiger partial charge is 0.0850 e. The van der Waals surface area contributed by atoms with Gasteiger partial charge in [-0.25, -0.2) is 0 Å². The molecule has 0 amide bonds. The molecule has 0 spiro atoms. The minimum Gasteiger partial charge on any atom is -0.386 e. The lowest BCUT2D eigenvalue weighted by atomic mass is 9.77. The molecule has 0 fully saturated rings.